The first kappa shape index (κ1) is 20.2. The van der Waals surface area contributed by atoms with Gasteiger partial charge in [-0.2, -0.15) is 0 Å². The fourth-order valence-electron chi connectivity index (χ4n) is 2.77. The minimum absolute atomic E-state index is 0.0997. The molecule has 6 nitrogen and oxygen atoms in total. The molecular weight excluding hydrogens is 366 g/mol. The van der Waals surface area contributed by atoms with E-state index in [1.165, 1.54) is 0 Å². The van der Waals surface area contributed by atoms with Crippen LogP contribution in [-0.4, -0.2) is 19.6 Å². The van der Waals surface area contributed by atoms with Crippen molar-refractivity contribution in [3.8, 4) is 11.5 Å². The molecule has 0 aliphatic carbocycles. The topological polar surface area (TPSA) is 71.6 Å². The van der Waals surface area contributed by atoms with Crippen LogP contribution in [0.1, 0.15) is 11.1 Å². The molecule has 0 bridgehead atoms. The molecule has 1 amide bonds. The van der Waals surface area contributed by atoms with E-state index in [0.717, 1.165) is 22.5 Å². The van der Waals surface area contributed by atoms with Crippen molar-refractivity contribution >= 4 is 17.3 Å². The summed E-state index contributed by atoms with van der Waals surface area (Å²) in [5.74, 6) is 0.870. The summed E-state index contributed by atoms with van der Waals surface area (Å²) in [6.07, 6.45) is 0. The van der Waals surface area contributed by atoms with Gasteiger partial charge in [0.25, 0.3) is 5.91 Å². The van der Waals surface area contributed by atoms with E-state index in [0.29, 0.717) is 18.0 Å². The molecule has 0 fully saturated rings. The number of rotatable bonds is 9. The number of amides is 1. The third-order valence-corrected chi connectivity index (χ3v) is 4.19. The quantitative estimate of drug-likeness (QED) is 0.478. The largest absolute Gasteiger partial charge is 0.493 e. The molecule has 150 valence electrons. The number of methoxy groups -OCH3 is 1. The number of hydrogen-bond acceptors (Lipinski definition) is 5. The molecule has 0 aliphatic heterocycles. The molecule has 0 heterocycles. The normalized spacial score (nSPS) is 10.3. The highest BCUT2D eigenvalue weighted by Gasteiger charge is 2.09. The molecule has 0 aliphatic rings. The Balaban J connectivity index is 1.52. The van der Waals surface area contributed by atoms with Crippen LogP contribution in [0.4, 0.5) is 11.4 Å². The number of carbonyl (C=O) groups excluding carboxylic acids is 1. The lowest BCUT2D eigenvalue weighted by atomic mass is 10.2. The van der Waals surface area contributed by atoms with Crippen molar-refractivity contribution in [3.05, 3.63) is 83.9 Å². The summed E-state index contributed by atoms with van der Waals surface area (Å²) < 4.78 is 11.1. The van der Waals surface area contributed by atoms with Crippen LogP contribution in [0.15, 0.2) is 72.8 Å². The molecule has 3 N–H and O–H groups in total. The fourth-order valence-corrected chi connectivity index (χ4v) is 2.77. The Morgan fingerprint density at radius 2 is 1.69 bits per heavy atom. The second kappa shape index (κ2) is 10.1. The van der Waals surface area contributed by atoms with Crippen LogP contribution in [0.3, 0.4) is 0 Å². The Hall–Kier alpha value is -3.51. The van der Waals surface area contributed by atoms with Crippen molar-refractivity contribution in [3.63, 3.8) is 0 Å². The molecule has 0 aromatic heterocycles. The first-order valence-corrected chi connectivity index (χ1v) is 9.34. The number of ether oxygens (including phenoxy) is 2. The predicted octanol–water partition coefficient (Wildman–Crippen LogP) is 4.14. The van der Waals surface area contributed by atoms with Crippen molar-refractivity contribution in [2.45, 2.75) is 13.5 Å². The highest BCUT2D eigenvalue weighted by atomic mass is 16.5. The molecule has 29 heavy (non-hydrogen) atoms. The maximum atomic E-state index is 12.1. The van der Waals surface area contributed by atoms with E-state index in [-0.39, 0.29) is 12.5 Å². The van der Waals surface area contributed by atoms with Gasteiger partial charge >= 0.3 is 0 Å². The Kier molecular flexibility index (Phi) is 7.08. The van der Waals surface area contributed by atoms with E-state index in [1.54, 1.807) is 13.2 Å². The summed E-state index contributed by atoms with van der Waals surface area (Å²) in [5.41, 5.74) is 10.1. The number of para-hydroxylation sites is 1. The van der Waals surface area contributed by atoms with Gasteiger partial charge in [0.05, 0.1) is 7.11 Å². The first-order valence-electron chi connectivity index (χ1n) is 9.34. The van der Waals surface area contributed by atoms with E-state index >= 15 is 0 Å². The van der Waals surface area contributed by atoms with Gasteiger partial charge in [0.15, 0.2) is 18.1 Å². The molecule has 0 atom stereocenters. The SMILES string of the molecule is COc1cc(CNNc2ccccc2)ccc1OCC(=O)Nc1cccc(C)c1. The van der Waals surface area contributed by atoms with Crippen LogP contribution >= 0.6 is 0 Å². The van der Waals surface area contributed by atoms with Crippen molar-refractivity contribution < 1.29 is 14.3 Å². The van der Waals surface area contributed by atoms with Crippen LogP contribution in [0.5, 0.6) is 11.5 Å². The maximum absolute atomic E-state index is 12.1. The Bertz CT molecular complexity index is 945. The zero-order chi connectivity index (χ0) is 20.5. The van der Waals surface area contributed by atoms with Gasteiger partial charge in [-0.3, -0.25) is 4.79 Å². The molecule has 0 saturated heterocycles. The minimum atomic E-state index is -0.226. The number of carbonyl (C=O) groups is 1. The van der Waals surface area contributed by atoms with Crippen LogP contribution in [-0.2, 0) is 11.3 Å². The number of aryl methyl sites for hydroxylation is 1. The standard InChI is InChI=1S/C23H25N3O3/c1-17-7-6-10-20(13-17)25-23(27)16-29-21-12-11-18(14-22(21)28-2)15-24-26-19-8-4-3-5-9-19/h3-14,24,26H,15-16H2,1-2H3,(H,25,27). The monoisotopic (exact) mass is 391 g/mol. The average molecular weight is 391 g/mol. The number of benzene rings is 3. The zero-order valence-electron chi connectivity index (χ0n) is 16.6. The number of hydrazine groups is 1. The second-order valence-electron chi connectivity index (χ2n) is 6.54. The molecule has 6 heteroatoms. The predicted molar refractivity (Wildman–Crippen MR) is 115 cm³/mol. The summed E-state index contributed by atoms with van der Waals surface area (Å²) >= 11 is 0. The summed E-state index contributed by atoms with van der Waals surface area (Å²) in [4.78, 5) is 12.1. The lowest BCUT2D eigenvalue weighted by Gasteiger charge is -2.13. The van der Waals surface area contributed by atoms with Crippen LogP contribution in [0, 0.1) is 6.92 Å². The van der Waals surface area contributed by atoms with Crippen molar-refractivity contribution in [2.24, 2.45) is 0 Å². The number of anilines is 2. The van der Waals surface area contributed by atoms with Gasteiger partial charge in [-0.05, 0) is 54.4 Å². The van der Waals surface area contributed by atoms with E-state index < -0.39 is 0 Å². The van der Waals surface area contributed by atoms with Crippen LogP contribution in [0.2, 0.25) is 0 Å². The molecule has 0 saturated carbocycles. The maximum Gasteiger partial charge on any atom is 0.262 e. The summed E-state index contributed by atoms with van der Waals surface area (Å²) in [7, 11) is 1.58. The van der Waals surface area contributed by atoms with E-state index in [4.69, 9.17) is 9.47 Å². The van der Waals surface area contributed by atoms with Gasteiger partial charge < -0.3 is 20.2 Å². The molecular formula is C23H25N3O3. The number of nitrogens with one attached hydrogen (secondary N) is 3. The first-order chi connectivity index (χ1) is 14.1. The summed E-state index contributed by atoms with van der Waals surface area (Å²) in [6, 6.07) is 23.1. The van der Waals surface area contributed by atoms with Gasteiger partial charge in [-0.25, -0.2) is 5.43 Å². The molecule has 0 spiro atoms. The lowest BCUT2D eigenvalue weighted by molar-refractivity contribution is -0.118. The van der Waals surface area contributed by atoms with Crippen LogP contribution < -0.4 is 25.6 Å². The second-order valence-corrected chi connectivity index (χ2v) is 6.54. The minimum Gasteiger partial charge on any atom is -0.493 e. The van der Waals surface area contributed by atoms with Gasteiger partial charge in [0, 0.05) is 17.9 Å². The Morgan fingerprint density at radius 3 is 2.45 bits per heavy atom. The van der Waals surface area contributed by atoms with E-state index in [2.05, 4.69) is 16.2 Å². The highest BCUT2D eigenvalue weighted by molar-refractivity contribution is 5.91. The van der Waals surface area contributed by atoms with Crippen molar-refractivity contribution in [2.75, 3.05) is 24.5 Å². The van der Waals surface area contributed by atoms with Gasteiger partial charge in [-0.1, -0.05) is 36.4 Å². The van der Waals surface area contributed by atoms with Crippen LogP contribution in [0.25, 0.3) is 0 Å². The summed E-state index contributed by atoms with van der Waals surface area (Å²) in [5, 5.41) is 2.82. The van der Waals surface area contributed by atoms with Gasteiger partial charge in [-0.15, -0.1) is 0 Å². The average Bonchev–Trinajstić information content (AvgIpc) is 2.73. The molecule has 3 rings (SSSR count). The Labute approximate surface area is 170 Å². The molecule has 0 unspecified atom stereocenters. The lowest BCUT2D eigenvalue weighted by Crippen LogP contribution is -2.21. The van der Waals surface area contributed by atoms with E-state index in [1.807, 2.05) is 73.7 Å². The summed E-state index contributed by atoms with van der Waals surface area (Å²) in [6.45, 7) is 2.47. The highest BCUT2D eigenvalue weighted by Crippen LogP contribution is 2.28. The third kappa shape index (κ3) is 6.26. The number of hydrogen-bond donors (Lipinski definition) is 3. The van der Waals surface area contributed by atoms with Gasteiger partial charge in [0.2, 0.25) is 0 Å². The zero-order valence-corrected chi connectivity index (χ0v) is 16.6. The molecule has 0 radical (unpaired) electrons. The molecule has 3 aromatic carbocycles. The van der Waals surface area contributed by atoms with Crippen molar-refractivity contribution in [1.29, 1.82) is 0 Å². The smallest absolute Gasteiger partial charge is 0.262 e. The van der Waals surface area contributed by atoms with Crippen molar-refractivity contribution in [1.82, 2.24) is 5.43 Å². The Morgan fingerprint density at radius 1 is 0.897 bits per heavy atom. The fraction of sp³-hybridized carbons (Fsp3) is 0.174. The third-order valence-electron chi connectivity index (χ3n) is 4.19. The van der Waals surface area contributed by atoms with Gasteiger partial charge in [0.1, 0.15) is 0 Å². The van der Waals surface area contributed by atoms with E-state index in [9.17, 15) is 4.79 Å². The molecule has 3 aromatic rings.